The first-order valence-electron chi connectivity index (χ1n) is 15.8. The normalized spacial score (nSPS) is 50.4. The molecule has 1 N–H and O–H groups in total. The van der Waals surface area contributed by atoms with Crippen molar-refractivity contribution in [3.8, 4) is 0 Å². The van der Waals surface area contributed by atoms with Crippen LogP contribution >= 0.6 is 15.9 Å². The van der Waals surface area contributed by atoms with Crippen LogP contribution in [0.25, 0.3) is 0 Å². The van der Waals surface area contributed by atoms with Crippen molar-refractivity contribution in [1.82, 2.24) is 0 Å². The Hall–Kier alpha value is -1.11. The standard InChI is InChI=1S/C33H51BrO6/c1-19(18-34)22-10-15-33(28(37)38)17-16-30(5)23(27(22)33)8-9-24-29(4)13-12-26(39-20(2)35)32(7,40-21(3)36)25(29)11-14-31(24,30)6/h19,22-27H,8-18H2,1-7H3,(H,37,38)/t19-,22?,23?,24?,25?,26-,27?,29+,30+,31+,32-,33-/m0/s1. The zero-order valence-electron chi connectivity index (χ0n) is 25.7. The molecule has 7 heteroatoms. The number of fused-ring (bicyclic) bond motifs is 7. The average Bonchev–Trinajstić information content (AvgIpc) is 3.26. The Bertz CT molecular complexity index is 1060. The lowest BCUT2D eigenvalue weighted by Crippen LogP contribution is -2.69. The zero-order valence-corrected chi connectivity index (χ0v) is 27.3. The van der Waals surface area contributed by atoms with Crippen LogP contribution in [0.15, 0.2) is 0 Å². The number of hydrogen-bond donors (Lipinski definition) is 1. The van der Waals surface area contributed by atoms with Gasteiger partial charge >= 0.3 is 17.9 Å². The van der Waals surface area contributed by atoms with Gasteiger partial charge in [-0.15, -0.1) is 0 Å². The van der Waals surface area contributed by atoms with Gasteiger partial charge in [-0.3, -0.25) is 14.4 Å². The van der Waals surface area contributed by atoms with Crippen LogP contribution in [0.5, 0.6) is 0 Å². The van der Waals surface area contributed by atoms with Crippen LogP contribution in [0, 0.1) is 57.2 Å². The van der Waals surface area contributed by atoms with Crippen LogP contribution in [0.2, 0.25) is 0 Å². The first-order chi connectivity index (χ1) is 18.6. The van der Waals surface area contributed by atoms with Crippen LogP contribution in [-0.4, -0.2) is 40.0 Å². The summed E-state index contributed by atoms with van der Waals surface area (Å²) in [6, 6.07) is 0. The third-order valence-corrected chi connectivity index (χ3v) is 15.1. The molecule has 0 bridgehead atoms. The fourth-order valence-corrected chi connectivity index (χ4v) is 12.7. The highest BCUT2D eigenvalue weighted by Crippen LogP contribution is 2.77. The molecule has 0 aromatic heterocycles. The van der Waals surface area contributed by atoms with E-state index in [2.05, 4.69) is 43.6 Å². The molecule has 0 amide bonds. The van der Waals surface area contributed by atoms with E-state index in [0.29, 0.717) is 30.1 Å². The Kier molecular flexibility index (Phi) is 7.57. The van der Waals surface area contributed by atoms with Crippen LogP contribution in [0.3, 0.4) is 0 Å². The van der Waals surface area contributed by atoms with E-state index < -0.39 is 23.1 Å². The summed E-state index contributed by atoms with van der Waals surface area (Å²) in [7, 11) is 0. The fourth-order valence-electron chi connectivity index (χ4n) is 12.2. The Morgan fingerprint density at radius 3 is 2.15 bits per heavy atom. The second-order valence-corrected chi connectivity index (χ2v) is 16.1. The van der Waals surface area contributed by atoms with Gasteiger partial charge in [0.25, 0.3) is 0 Å². The molecule has 5 aliphatic rings. The van der Waals surface area contributed by atoms with Crippen molar-refractivity contribution in [2.75, 3.05) is 5.33 Å². The lowest BCUT2D eigenvalue weighted by Gasteiger charge is -2.72. The molecule has 0 aromatic rings. The van der Waals surface area contributed by atoms with Crippen LogP contribution < -0.4 is 0 Å². The number of aliphatic carboxylic acids is 1. The van der Waals surface area contributed by atoms with Crippen molar-refractivity contribution in [2.24, 2.45) is 57.2 Å². The van der Waals surface area contributed by atoms with Gasteiger partial charge in [0, 0.05) is 25.1 Å². The highest BCUT2D eigenvalue weighted by Gasteiger charge is 2.73. The molecular weight excluding hydrogens is 572 g/mol. The van der Waals surface area contributed by atoms with Crippen molar-refractivity contribution < 1.29 is 29.0 Å². The first kappa shape index (κ1) is 30.4. The lowest BCUT2D eigenvalue weighted by molar-refractivity contribution is -0.271. The molecule has 12 atom stereocenters. The van der Waals surface area contributed by atoms with Crippen LogP contribution in [0.1, 0.15) is 113 Å². The predicted molar refractivity (Wildman–Crippen MR) is 157 cm³/mol. The van der Waals surface area contributed by atoms with Crippen LogP contribution in [0.4, 0.5) is 0 Å². The van der Waals surface area contributed by atoms with Gasteiger partial charge in [-0.25, -0.2) is 0 Å². The number of carboxylic acids is 1. The minimum absolute atomic E-state index is 0.0542. The fraction of sp³-hybridized carbons (Fsp3) is 0.909. The molecule has 5 aliphatic carbocycles. The summed E-state index contributed by atoms with van der Waals surface area (Å²) in [5, 5.41) is 11.6. The summed E-state index contributed by atoms with van der Waals surface area (Å²) in [5.41, 5.74) is -1.35. The molecule has 226 valence electrons. The summed E-state index contributed by atoms with van der Waals surface area (Å²) in [4.78, 5) is 37.4. The summed E-state index contributed by atoms with van der Waals surface area (Å²) < 4.78 is 12.0. The molecule has 5 unspecified atom stereocenters. The molecule has 0 aromatic carbocycles. The largest absolute Gasteiger partial charge is 0.481 e. The number of hydrogen-bond acceptors (Lipinski definition) is 5. The molecule has 5 saturated carbocycles. The van der Waals surface area contributed by atoms with Gasteiger partial charge in [0.15, 0.2) is 0 Å². The zero-order chi connectivity index (χ0) is 29.5. The van der Waals surface area contributed by atoms with E-state index in [9.17, 15) is 19.5 Å². The second-order valence-electron chi connectivity index (χ2n) is 15.4. The molecule has 0 spiro atoms. The average molecular weight is 624 g/mol. The number of esters is 2. The number of halogens is 1. The predicted octanol–water partition coefficient (Wildman–Crippen LogP) is 7.41. The maximum absolute atomic E-state index is 13.0. The highest BCUT2D eigenvalue weighted by molar-refractivity contribution is 9.09. The first-order valence-corrected chi connectivity index (χ1v) is 16.9. The highest BCUT2D eigenvalue weighted by atomic mass is 79.9. The molecule has 0 radical (unpaired) electrons. The van der Waals surface area contributed by atoms with E-state index in [4.69, 9.17) is 9.47 Å². The molecular formula is C33H51BrO6. The Balaban J connectivity index is 1.54. The van der Waals surface area contributed by atoms with Gasteiger partial charge in [-0.1, -0.05) is 43.6 Å². The van der Waals surface area contributed by atoms with E-state index in [-0.39, 0.29) is 40.0 Å². The molecule has 5 rings (SSSR count). The second kappa shape index (κ2) is 9.98. The van der Waals surface area contributed by atoms with Gasteiger partial charge < -0.3 is 14.6 Å². The topological polar surface area (TPSA) is 89.9 Å². The lowest BCUT2D eigenvalue weighted by atomic mass is 9.32. The number of carboxylic acid groups (broad SMARTS) is 1. The maximum atomic E-state index is 13.0. The molecule has 0 heterocycles. The minimum Gasteiger partial charge on any atom is -0.481 e. The van der Waals surface area contributed by atoms with Gasteiger partial charge in [-0.2, -0.15) is 0 Å². The van der Waals surface area contributed by atoms with Crippen molar-refractivity contribution in [3.63, 3.8) is 0 Å². The third kappa shape index (κ3) is 4.01. The molecule has 6 nitrogen and oxygen atoms in total. The van der Waals surface area contributed by atoms with Crippen molar-refractivity contribution in [1.29, 1.82) is 0 Å². The van der Waals surface area contributed by atoms with Gasteiger partial charge in [0.2, 0.25) is 0 Å². The summed E-state index contributed by atoms with van der Waals surface area (Å²) in [6.07, 6.45) is 8.91. The molecule has 0 aliphatic heterocycles. The number of carbonyl (C=O) groups excluding carboxylic acids is 2. The van der Waals surface area contributed by atoms with E-state index in [1.54, 1.807) is 0 Å². The van der Waals surface area contributed by atoms with Crippen molar-refractivity contribution in [2.45, 2.75) is 124 Å². The van der Waals surface area contributed by atoms with E-state index in [1.165, 1.54) is 13.8 Å². The van der Waals surface area contributed by atoms with Crippen molar-refractivity contribution in [3.05, 3.63) is 0 Å². The number of carbonyl (C=O) groups is 3. The summed E-state index contributed by atoms with van der Waals surface area (Å²) >= 11 is 3.74. The maximum Gasteiger partial charge on any atom is 0.309 e. The third-order valence-electron chi connectivity index (χ3n) is 14.1. The smallest absolute Gasteiger partial charge is 0.309 e. The quantitative estimate of drug-likeness (QED) is 0.253. The molecule has 40 heavy (non-hydrogen) atoms. The van der Waals surface area contributed by atoms with E-state index in [1.807, 2.05) is 6.92 Å². The molecule has 5 fully saturated rings. The van der Waals surface area contributed by atoms with E-state index in [0.717, 1.165) is 63.1 Å². The van der Waals surface area contributed by atoms with E-state index >= 15 is 0 Å². The van der Waals surface area contributed by atoms with Gasteiger partial charge in [0.05, 0.1) is 5.41 Å². The Morgan fingerprint density at radius 2 is 1.55 bits per heavy atom. The SMILES string of the molecule is CC(=O)O[C@H]1CC[C@@]2(C)C(CC[C@]3(C)C2CCC2C4C([C@@H](C)CBr)CC[C@]4(C(=O)O)CC[C@]23C)[C@]1(C)OC(C)=O. The monoisotopic (exact) mass is 622 g/mol. The minimum atomic E-state index is -0.851. The van der Waals surface area contributed by atoms with Crippen LogP contribution in [-0.2, 0) is 23.9 Å². The number of ether oxygens (including phenoxy) is 2. The Labute approximate surface area is 249 Å². The van der Waals surface area contributed by atoms with Gasteiger partial charge in [-0.05, 0) is 117 Å². The van der Waals surface area contributed by atoms with Crippen molar-refractivity contribution >= 4 is 33.8 Å². The number of rotatable bonds is 5. The number of alkyl halides is 1. The molecule has 0 saturated heterocycles. The summed E-state index contributed by atoms with van der Waals surface area (Å²) in [6.45, 7) is 14.7. The summed E-state index contributed by atoms with van der Waals surface area (Å²) in [5.74, 6) is 0.885. The Morgan fingerprint density at radius 1 is 0.850 bits per heavy atom. The van der Waals surface area contributed by atoms with Gasteiger partial charge in [0.1, 0.15) is 11.7 Å².